The number of carbonyl (C=O) groups is 1. The van der Waals surface area contributed by atoms with Crippen molar-refractivity contribution >= 4 is 17.5 Å². The minimum atomic E-state index is -0.196. The Kier molecular flexibility index (Phi) is 5.70. The summed E-state index contributed by atoms with van der Waals surface area (Å²) in [5.74, 6) is 0.932. The van der Waals surface area contributed by atoms with Crippen molar-refractivity contribution in [2.45, 2.75) is 0 Å². The van der Waals surface area contributed by atoms with Crippen molar-refractivity contribution in [3.05, 3.63) is 48.0 Å². The van der Waals surface area contributed by atoms with Crippen LogP contribution >= 0.6 is 0 Å². The van der Waals surface area contributed by atoms with Gasteiger partial charge in [-0.1, -0.05) is 18.2 Å². The van der Waals surface area contributed by atoms with E-state index in [1.807, 2.05) is 24.3 Å². The highest BCUT2D eigenvalue weighted by Crippen LogP contribution is 2.08. The van der Waals surface area contributed by atoms with Crippen molar-refractivity contribution in [2.24, 2.45) is 0 Å². The molecule has 1 fully saturated rings. The molecule has 0 atom stereocenters. The maximum atomic E-state index is 12.0. The molecule has 1 aromatic heterocycles. The molecule has 7 heteroatoms. The summed E-state index contributed by atoms with van der Waals surface area (Å²) >= 11 is 0. The molecule has 7 nitrogen and oxygen atoms in total. The van der Waals surface area contributed by atoms with Crippen LogP contribution in [0.4, 0.5) is 11.6 Å². The molecule has 0 aliphatic carbocycles. The number of morpholine rings is 1. The average molecular weight is 327 g/mol. The Bertz CT molecular complexity index is 642. The fraction of sp³-hybridized carbons (Fsp3) is 0.353. The second kappa shape index (κ2) is 8.37. The molecule has 2 heterocycles. The summed E-state index contributed by atoms with van der Waals surface area (Å²) in [5.41, 5.74) is 0.590. The fourth-order valence-electron chi connectivity index (χ4n) is 2.44. The molecule has 0 bridgehead atoms. The zero-order valence-corrected chi connectivity index (χ0v) is 13.4. The number of aromatic nitrogens is 2. The number of carbonyl (C=O) groups excluding carboxylic acids is 1. The van der Waals surface area contributed by atoms with Crippen LogP contribution in [-0.4, -0.2) is 60.4 Å². The second-order valence-electron chi connectivity index (χ2n) is 5.50. The molecule has 1 amide bonds. The van der Waals surface area contributed by atoms with Crippen molar-refractivity contribution in [3.8, 4) is 0 Å². The monoisotopic (exact) mass is 327 g/mol. The molecule has 2 aromatic rings. The maximum absolute atomic E-state index is 12.0. The number of nitrogens with one attached hydrogen (secondary N) is 2. The van der Waals surface area contributed by atoms with E-state index in [0.717, 1.165) is 39.4 Å². The van der Waals surface area contributed by atoms with E-state index in [9.17, 15) is 4.79 Å². The van der Waals surface area contributed by atoms with Gasteiger partial charge in [0.2, 0.25) is 0 Å². The van der Waals surface area contributed by atoms with Crippen LogP contribution in [0.15, 0.2) is 42.5 Å². The Morgan fingerprint density at radius 3 is 2.46 bits per heavy atom. The Morgan fingerprint density at radius 2 is 1.75 bits per heavy atom. The number of benzene rings is 1. The van der Waals surface area contributed by atoms with Crippen molar-refractivity contribution in [1.29, 1.82) is 0 Å². The number of ether oxygens (including phenoxy) is 1. The lowest BCUT2D eigenvalue weighted by molar-refractivity contribution is 0.0398. The molecule has 2 N–H and O–H groups in total. The normalized spacial score (nSPS) is 15.0. The van der Waals surface area contributed by atoms with Crippen LogP contribution < -0.4 is 10.6 Å². The van der Waals surface area contributed by atoms with Crippen LogP contribution in [0.5, 0.6) is 0 Å². The molecule has 0 saturated carbocycles. The van der Waals surface area contributed by atoms with E-state index in [4.69, 9.17) is 4.74 Å². The average Bonchev–Trinajstić information content (AvgIpc) is 2.65. The first kappa shape index (κ1) is 16.4. The third-order valence-electron chi connectivity index (χ3n) is 3.78. The Balaban J connectivity index is 1.45. The number of rotatable bonds is 6. The third kappa shape index (κ3) is 4.74. The number of amides is 1. The molecule has 1 aliphatic heterocycles. The lowest BCUT2D eigenvalue weighted by Gasteiger charge is -2.26. The summed E-state index contributed by atoms with van der Waals surface area (Å²) in [6, 6.07) is 12.6. The minimum Gasteiger partial charge on any atom is -0.379 e. The van der Waals surface area contributed by atoms with Gasteiger partial charge in [0.25, 0.3) is 5.91 Å². The van der Waals surface area contributed by atoms with Gasteiger partial charge in [-0.25, -0.2) is 0 Å². The molecule has 0 unspecified atom stereocenters. The lowest BCUT2D eigenvalue weighted by atomic mass is 10.2. The van der Waals surface area contributed by atoms with Crippen LogP contribution in [0.3, 0.4) is 0 Å². The molecular weight excluding hydrogens is 306 g/mol. The molecule has 126 valence electrons. The number of hydrogen-bond acceptors (Lipinski definition) is 6. The quantitative estimate of drug-likeness (QED) is 0.836. The summed E-state index contributed by atoms with van der Waals surface area (Å²) in [7, 11) is 0. The molecule has 3 rings (SSSR count). The number of hydrogen-bond donors (Lipinski definition) is 2. The van der Waals surface area contributed by atoms with E-state index in [1.54, 1.807) is 18.2 Å². The summed E-state index contributed by atoms with van der Waals surface area (Å²) in [5, 5.41) is 14.1. The van der Waals surface area contributed by atoms with Crippen molar-refractivity contribution in [2.75, 3.05) is 50.0 Å². The zero-order chi connectivity index (χ0) is 16.6. The van der Waals surface area contributed by atoms with E-state index in [1.165, 1.54) is 0 Å². The van der Waals surface area contributed by atoms with Crippen LogP contribution in [0.1, 0.15) is 10.4 Å². The number of nitrogens with zero attached hydrogens (tertiary/aromatic N) is 3. The molecule has 1 aromatic carbocycles. The van der Waals surface area contributed by atoms with E-state index >= 15 is 0 Å². The first-order chi connectivity index (χ1) is 11.8. The van der Waals surface area contributed by atoms with Gasteiger partial charge in [-0.2, -0.15) is 0 Å². The highest BCUT2D eigenvalue weighted by atomic mass is 16.5. The van der Waals surface area contributed by atoms with Gasteiger partial charge in [0.1, 0.15) is 5.82 Å². The topological polar surface area (TPSA) is 79.4 Å². The second-order valence-corrected chi connectivity index (χ2v) is 5.50. The zero-order valence-electron chi connectivity index (χ0n) is 13.4. The van der Waals surface area contributed by atoms with Crippen LogP contribution in [0, 0.1) is 0 Å². The van der Waals surface area contributed by atoms with Crippen LogP contribution in [0.2, 0.25) is 0 Å². The highest BCUT2D eigenvalue weighted by Gasteiger charge is 2.10. The van der Waals surface area contributed by atoms with Gasteiger partial charge in [0.15, 0.2) is 5.82 Å². The van der Waals surface area contributed by atoms with Gasteiger partial charge in [0, 0.05) is 31.7 Å². The van der Waals surface area contributed by atoms with E-state index in [2.05, 4.69) is 25.7 Å². The smallest absolute Gasteiger partial charge is 0.256 e. The third-order valence-corrected chi connectivity index (χ3v) is 3.78. The van der Waals surface area contributed by atoms with E-state index in [0.29, 0.717) is 17.2 Å². The van der Waals surface area contributed by atoms with Crippen LogP contribution in [-0.2, 0) is 4.74 Å². The standard InChI is InChI=1S/C17H21N5O2/c23-17(14-4-2-1-3-5-14)19-16-7-6-15(20-21-16)18-8-9-22-10-12-24-13-11-22/h1-7H,8-13H2,(H,18,20)(H,19,21,23). The van der Waals surface area contributed by atoms with Gasteiger partial charge in [-0.05, 0) is 24.3 Å². The van der Waals surface area contributed by atoms with E-state index in [-0.39, 0.29) is 5.91 Å². The Hall–Kier alpha value is -2.51. The predicted octanol–water partition coefficient (Wildman–Crippen LogP) is 1.47. The first-order valence-corrected chi connectivity index (χ1v) is 8.05. The van der Waals surface area contributed by atoms with Gasteiger partial charge >= 0.3 is 0 Å². The SMILES string of the molecule is O=C(Nc1ccc(NCCN2CCOCC2)nn1)c1ccccc1. The summed E-state index contributed by atoms with van der Waals surface area (Å²) in [6.07, 6.45) is 0. The maximum Gasteiger partial charge on any atom is 0.256 e. The van der Waals surface area contributed by atoms with Crippen molar-refractivity contribution in [3.63, 3.8) is 0 Å². The summed E-state index contributed by atoms with van der Waals surface area (Å²) in [4.78, 5) is 14.4. The largest absolute Gasteiger partial charge is 0.379 e. The highest BCUT2D eigenvalue weighted by molar-refractivity contribution is 6.03. The lowest BCUT2D eigenvalue weighted by Crippen LogP contribution is -2.39. The van der Waals surface area contributed by atoms with Crippen molar-refractivity contribution < 1.29 is 9.53 Å². The van der Waals surface area contributed by atoms with Gasteiger partial charge in [-0.15, -0.1) is 10.2 Å². The molecule has 0 radical (unpaired) electrons. The fourth-order valence-corrected chi connectivity index (χ4v) is 2.44. The van der Waals surface area contributed by atoms with Gasteiger partial charge < -0.3 is 15.4 Å². The molecular formula is C17H21N5O2. The van der Waals surface area contributed by atoms with Crippen molar-refractivity contribution in [1.82, 2.24) is 15.1 Å². The molecule has 0 spiro atoms. The Labute approximate surface area is 141 Å². The molecule has 24 heavy (non-hydrogen) atoms. The molecule has 1 saturated heterocycles. The minimum absolute atomic E-state index is 0.196. The van der Waals surface area contributed by atoms with Gasteiger partial charge in [0.05, 0.1) is 13.2 Å². The number of anilines is 2. The predicted molar refractivity (Wildman–Crippen MR) is 92.2 cm³/mol. The van der Waals surface area contributed by atoms with Gasteiger partial charge in [-0.3, -0.25) is 9.69 Å². The first-order valence-electron chi connectivity index (χ1n) is 8.05. The van der Waals surface area contributed by atoms with E-state index < -0.39 is 0 Å². The Morgan fingerprint density at radius 1 is 1.04 bits per heavy atom. The van der Waals surface area contributed by atoms with Crippen LogP contribution in [0.25, 0.3) is 0 Å². The summed E-state index contributed by atoms with van der Waals surface area (Å²) < 4.78 is 5.32. The molecule has 1 aliphatic rings. The summed E-state index contributed by atoms with van der Waals surface area (Å²) in [6.45, 7) is 5.28.